The Morgan fingerprint density at radius 3 is 0.840 bits per heavy atom. The topological polar surface area (TPSA) is 133 Å². The van der Waals surface area contributed by atoms with Gasteiger partial charge in [0.25, 0.3) is 0 Å². The Balaban J connectivity index is 1.32. The Bertz CT molecular complexity index is 1840. The number of rotatable bonds is 12. The summed E-state index contributed by atoms with van der Waals surface area (Å²) >= 11 is 0. The number of benzene rings is 6. The molecule has 9 nitrogen and oxygen atoms in total. The van der Waals surface area contributed by atoms with Gasteiger partial charge in [-0.3, -0.25) is 0 Å². The number of methoxy groups -OCH3 is 3. The highest BCUT2D eigenvalue weighted by Crippen LogP contribution is 2.42. The molecule has 0 heterocycles. The van der Waals surface area contributed by atoms with Gasteiger partial charge in [0.15, 0.2) is 0 Å². The van der Waals surface area contributed by atoms with Gasteiger partial charge in [0.05, 0.1) is 38.4 Å². The van der Waals surface area contributed by atoms with Gasteiger partial charge in [0.1, 0.15) is 51.7 Å². The number of hydrogen-bond acceptors (Lipinski definition) is 9. The van der Waals surface area contributed by atoms with Crippen molar-refractivity contribution < 1.29 is 28.4 Å². The molecule has 6 rings (SSSR count). The van der Waals surface area contributed by atoms with Crippen molar-refractivity contribution in [3.8, 4) is 51.7 Å². The van der Waals surface area contributed by atoms with Crippen molar-refractivity contribution in [3.63, 3.8) is 0 Å². The SMILES string of the molecule is COc1cc(Oc2ccc(C(C)(c3ccc(Oc4ccc(N)c(OC)c4)cc3)c3ccc(Oc4ccc(N)c(OC)c4)cc3)cc2)ccc1N. The lowest BCUT2D eigenvalue weighted by Crippen LogP contribution is -2.25. The number of ether oxygens (including phenoxy) is 6. The molecule has 0 aliphatic rings. The number of nitrogen functional groups attached to an aromatic ring is 3. The summed E-state index contributed by atoms with van der Waals surface area (Å²) in [6.07, 6.45) is 0. The fourth-order valence-electron chi connectivity index (χ4n) is 5.74. The molecule has 0 unspecified atom stereocenters. The van der Waals surface area contributed by atoms with Gasteiger partial charge in [0.2, 0.25) is 0 Å². The Morgan fingerprint density at radius 1 is 0.360 bits per heavy atom. The molecule has 0 amide bonds. The first-order valence-electron chi connectivity index (χ1n) is 15.9. The van der Waals surface area contributed by atoms with Crippen molar-refractivity contribution in [2.45, 2.75) is 12.3 Å². The van der Waals surface area contributed by atoms with Crippen molar-refractivity contribution in [2.24, 2.45) is 0 Å². The van der Waals surface area contributed by atoms with E-state index in [0.717, 1.165) is 16.7 Å². The lowest BCUT2D eigenvalue weighted by atomic mass is 9.71. The van der Waals surface area contributed by atoms with Gasteiger partial charge in [0, 0.05) is 23.6 Å². The molecule has 0 fully saturated rings. The number of anilines is 3. The molecule has 0 aliphatic carbocycles. The molecule has 0 spiro atoms. The van der Waals surface area contributed by atoms with Crippen LogP contribution >= 0.6 is 0 Å². The highest BCUT2D eigenvalue weighted by molar-refractivity contribution is 5.59. The fourth-order valence-corrected chi connectivity index (χ4v) is 5.74. The molecule has 0 radical (unpaired) electrons. The summed E-state index contributed by atoms with van der Waals surface area (Å²) in [5.74, 6) is 5.54. The van der Waals surface area contributed by atoms with Crippen LogP contribution in [0.25, 0.3) is 0 Å². The predicted octanol–water partition coefficient (Wildman–Crippen LogP) is 9.19. The molecule has 254 valence electrons. The minimum atomic E-state index is -0.575. The van der Waals surface area contributed by atoms with Crippen LogP contribution in [0.5, 0.6) is 51.7 Å². The smallest absolute Gasteiger partial charge is 0.145 e. The summed E-state index contributed by atoms with van der Waals surface area (Å²) < 4.78 is 34.5. The van der Waals surface area contributed by atoms with E-state index in [0.29, 0.717) is 68.8 Å². The third kappa shape index (κ3) is 7.02. The second-order valence-corrected chi connectivity index (χ2v) is 11.7. The van der Waals surface area contributed by atoms with Crippen molar-refractivity contribution in [2.75, 3.05) is 38.5 Å². The lowest BCUT2D eigenvalue weighted by molar-refractivity contribution is 0.411. The lowest BCUT2D eigenvalue weighted by Gasteiger charge is -2.32. The zero-order valence-electron chi connectivity index (χ0n) is 28.3. The molecule has 50 heavy (non-hydrogen) atoms. The molecule has 0 atom stereocenters. The van der Waals surface area contributed by atoms with Gasteiger partial charge in [-0.25, -0.2) is 0 Å². The maximum absolute atomic E-state index is 6.15. The van der Waals surface area contributed by atoms with Crippen molar-refractivity contribution >= 4 is 17.1 Å². The second kappa shape index (κ2) is 14.3. The van der Waals surface area contributed by atoms with E-state index in [4.69, 9.17) is 45.6 Å². The van der Waals surface area contributed by atoms with E-state index >= 15 is 0 Å². The van der Waals surface area contributed by atoms with Gasteiger partial charge >= 0.3 is 0 Å². The van der Waals surface area contributed by atoms with Gasteiger partial charge in [-0.2, -0.15) is 0 Å². The fraction of sp³-hybridized carbons (Fsp3) is 0.122. The van der Waals surface area contributed by atoms with E-state index in [1.54, 1.807) is 57.7 Å². The van der Waals surface area contributed by atoms with Crippen LogP contribution in [-0.4, -0.2) is 21.3 Å². The van der Waals surface area contributed by atoms with E-state index in [-0.39, 0.29) is 0 Å². The molecule has 0 aliphatic heterocycles. The van der Waals surface area contributed by atoms with E-state index in [9.17, 15) is 0 Å². The van der Waals surface area contributed by atoms with E-state index < -0.39 is 5.41 Å². The monoisotopic (exact) mass is 669 g/mol. The van der Waals surface area contributed by atoms with Gasteiger partial charge < -0.3 is 45.6 Å². The van der Waals surface area contributed by atoms with Crippen molar-refractivity contribution in [3.05, 3.63) is 144 Å². The van der Waals surface area contributed by atoms with Crippen LogP contribution in [0.3, 0.4) is 0 Å². The number of nitrogens with two attached hydrogens (primary N) is 3. The summed E-state index contributed by atoms with van der Waals surface area (Å²) in [4.78, 5) is 0. The molecule has 0 bridgehead atoms. The minimum Gasteiger partial charge on any atom is -0.494 e. The molecule has 6 aromatic carbocycles. The highest BCUT2D eigenvalue weighted by Gasteiger charge is 2.31. The molecule has 9 heteroatoms. The first kappa shape index (κ1) is 33.4. The third-order valence-electron chi connectivity index (χ3n) is 8.62. The summed E-state index contributed by atoms with van der Waals surface area (Å²) in [6, 6.07) is 40.1. The molecular formula is C41H39N3O6. The van der Waals surface area contributed by atoms with Crippen LogP contribution in [0.1, 0.15) is 23.6 Å². The van der Waals surface area contributed by atoms with Crippen LogP contribution in [0.4, 0.5) is 17.1 Å². The quantitative estimate of drug-likeness (QED) is 0.0861. The average molecular weight is 670 g/mol. The maximum atomic E-state index is 6.15. The summed E-state index contributed by atoms with van der Waals surface area (Å²) in [7, 11) is 4.73. The zero-order chi connectivity index (χ0) is 35.3. The molecule has 6 N–H and O–H groups in total. The Labute approximate surface area is 291 Å². The summed E-state index contributed by atoms with van der Waals surface area (Å²) in [5, 5.41) is 0. The molecule has 0 saturated heterocycles. The van der Waals surface area contributed by atoms with Gasteiger partial charge in [-0.1, -0.05) is 36.4 Å². The Kier molecular flexibility index (Phi) is 9.58. The van der Waals surface area contributed by atoms with E-state index in [1.165, 1.54) is 0 Å². The van der Waals surface area contributed by atoms with Crippen molar-refractivity contribution in [1.29, 1.82) is 0 Å². The van der Waals surface area contributed by atoms with Crippen LogP contribution in [0.15, 0.2) is 127 Å². The van der Waals surface area contributed by atoms with Crippen LogP contribution < -0.4 is 45.6 Å². The summed E-state index contributed by atoms with van der Waals surface area (Å²) in [5.41, 5.74) is 22.2. The average Bonchev–Trinajstić information content (AvgIpc) is 3.14. The van der Waals surface area contributed by atoms with Crippen LogP contribution in [0, 0.1) is 0 Å². The Hall–Kier alpha value is -6.48. The Morgan fingerprint density at radius 2 is 0.600 bits per heavy atom. The second-order valence-electron chi connectivity index (χ2n) is 11.7. The number of hydrogen-bond donors (Lipinski definition) is 3. The van der Waals surface area contributed by atoms with E-state index in [2.05, 4.69) is 43.3 Å². The van der Waals surface area contributed by atoms with E-state index in [1.807, 2.05) is 54.6 Å². The van der Waals surface area contributed by atoms with Crippen molar-refractivity contribution in [1.82, 2.24) is 0 Å². The molecule has 0 aromatic heterocycles. The summed E-state index contributed by atoms with van der Waals surface area (Å²) in [6.45, 7) is 2.19. The third-order valence-corrected chi connectivity index (χ3v) is 8.62. The first-order valence-corrected chi connectivity index (χ1v) is 15.9. The first-order chi connectivity index (χ1) is 24.2. The zero-order valence-corrected chi connectivity index (χ0v) is 28.3. The largest absolute Gasteiger partial charge is 0.494 e. The molecule has 0 saturated carbocycles. The highest BCUT2D eigenvalue weighted by atomic mass is 16.5. The minimum absolute atomic E-state index is 0.542. The molecule has 6 aromatic rings. The normalized spacial score (nSPS) is 11.0. The van der Waals surface area contributed by atoms with Crippen LogP contribution in [-0.2, 0) is 5.41 Å². The van der Waals surface area contributed by atoms with Gasteiger partial charge in [-0.15, -0.1) is 0 Å². The van der Waals surface area contributed by atoms with Gasteiger partial charge in [-0.05, 0) is 96.4 Å². The standard InChI is InChI=1S/C41H39N3O6/c1-41(26-5-11-29(12-6-26)48-32-17-20-35(42)38(23-32)45-2,27-7-13-30(14-8-27)49-33-18-21-36(43)39(24-33)46-3)28-9-15-31(16-10-28)50-34-19-22-37(44)40(25-34)47-4/h5-25H,42-44H2,1-4H3. The maximum Gasteiger partial charge on any atom is 0.145 e. The molecular weight excluding hydrogens is 630 g/mol. The van der Waals surface area contributed by atoms with Crippen LogP contribution in [0.2, 0.25) is 0 Å². The predicted molar refractivity (Wildman–Crippen MR) is 197 cm³/mol.